The lowest BCUT2D eigenvalue weighted by molar-refractivity contribution is 0.749. The summed E-state index contributed by atoms with van der Waals surface area (Å²) in [5.41, 5.74) is 1.01. The molecule has 0 atom stereocenters. The second kappa shape index (κ2) is 5.56. The number of aromatic amines is 1. The summed E-state index contributed by atoms with van der Waals surface area (Å²) in [6.07, 6.45) is 0. The molecule has 0 saturated carbocycles. The Balaban J connectivity index is 2.40. The van der Waals surface area contributed by atoms with Crippen LogP contribution in [0, 0.1) is 13.8 Å². The molecule has 2 rings (SSSR count). The smallest absolute Gasteiger partial charge is 0.214 e. The monoisotopic (exact) mass is 278 g/mol. The number of nitrogens with one attached hydrogen (secondary N) is 2. The third kappa shape index (κ3) is 3.04. The van der Waals surface area contributed by atoms with E-state index in [-0.39, 0.29) is 5.92 Å². The Hall–Kier alpha value is -1.63. The molecule has 0 unspecified atom stereocenters. The Morgan fingerprint density at radius 2 is 1.89 bits per heavy atom. The molecule has 0 aromatic carbocycles. The zero-order valence-electron chi connectivity index (χ0n) is 11.8. The van der Waals surface area contributed by atoms with Crippen LogP contribution in [0.2, 0.25) is 0 Å². The number of hydrogen-bond acceptors (Lipinski definition) is 6. The fourth-order valence-electron chi connectivity index (χ4n) is 1.57. The van der Waals surface area contributed by atoms with Gasteiger partial charge in [-0.2, -0.15) is 0 Å². The molecule has 0 aliphatic heterocycles. The van der Waals surface area contributed by atoms with E-state index in [0.717, 1.165) is 28.1 Å². The molecule has 6 nitrogen and oxygen atoms in total. The van der Waals surface area contributed by atoms with Gasteiger partial charge in [0.05, 0.1) is 0 Å². The highest BCUT2D eigenvalue weighted by Gasteiger charge is 2.15. The van der Waals surface area contributed by atoms with Crippen LogP contribution in [0.15, 0.2) is 10.2 Å². The van der Waals surface area contributed by atoms with Crippen molar-refractivity contribution in [2.24, 2.45) is 0 Å². The number of anilines is 1. The standard InChI is InChI=1S/C12H18N6S/c1-6(2)9-15-10(13-5)7(3)11(16-9)19-12-14-8(4)17-18-12/h6H,1-5H3,(H,13,15,16)(H,14,17,18). The van der Waals surface area contributed by atoms with Gasteiger partial charge < -0.3 is 5.32 Å². The van der Waals surface area contributed by atoms with Crippen LogP contribution < -0.4 is 5.32 Å². The second-order valence-electron chi connectivity index (χ2n) is 4.57. The van der Waals surface area contributed by atoms with Crippen LogP contribution in [-0.2, 0) is 0 Å². The van der Waals surface area contributed by atoms with Crippen molar-refractivity contribution in [3.63, 3.8) is 0 Å². The minimum Gasteiger partial charge on any atom is -0.373 e. The van der Waals surface area contributed by atoms with Gasteiger partial charge in [0.1, 0.15) is 22.5 Å². The lowest BCUT2D eigenvalue weighted by Gasteiger charge is -2.12. The summed E-state index contributed by atoms with van der Waals surface area (Å²) in [4.78, 5) is 13.4. The molecule has 0 fully saturated rings. The van der Waals surface area contributed by atoms with Gasteiger partial charge in [0.15, 0.2) is 0 Å². The van der Waals surface area contributed by atoms with E-state index in [1.54, 1.807) is 0 Å². The summed E-state index contributed by atoms with van der Waals surface area (Å²) in [5.74, 6) is 2.76. The first-order valence-electron chi connectivity index (χ1n) is 6.14. The van der Waals surface area contributed by atoms with E-state index in [2.05, 4.69) is 44.3 Å². The Morgan fingerprint density at radius 3 is 2.42 bits per heavy atom. The number of rotatable bonds is 4. The molecule has 2 aromatic rings. The number of aryl methyl sites for hydroxylation is 1. The molecule has 7 heteroatoms. The molecular formula is C12H18N6S. The quantitative estimate of drug-likeness (QED) is 0.837. The molecule has 0 amide bonds. The first kappa shape index (κ1) is 13.8. The largest absolute Gasteiger partial charge is 0.373 e. The van der Waals surface area contributed by atoms with E-state index in [9.17, 15) is 0 Å². The fraction of sp³-hybridized carbons (Fsp3) is 0.500. The summed E-state index contributed by atoms with van der Waals surface area (Å²) in [7, 11) is 1.87. The van der Waals surface area contributed by atoms with Crippen molar-refractivity contribution in [1.82, 2.24) is 25.1 Å². The molecule has 102 valence electrons. The molecule has 0 bridgehead atoms. The summed E-state index contributed by atoms with van der Waals surface area (Å²) in [5, 5.41) is 11.6. The van der Waals surface area contributed by atoms with Crippen LogP contribution in [0.4, 0.5) is 5.82 Å². The van der Waals surface area contributed by atoms with Crippen LogP contribution in [0.5, 0.6) is 0 Å². The molecule has 2 N–H and O–H groups in total. The molecular weight excluding hydrogens is 260 g/mol. The van der Waals surface area contributed by atoms with Gasteiger partial charge in [-0.15, -0.1) is 5.10 Å². The average Bonchev–Trinajstić information content (AvgIpc) is 2.77. The molecule has 0 spiro atoms. The summed E-state index contributed by atoms with van der Waals surface area (Å²) in [6, 6.07) is 0. The number of hydrogen-bond donors (Lipinski definition) is 2. The van der Waals surface area contributed by atoms with Crippen LogP contribution in [0.1, 0.15) is 37.0 Å². The molecule has 0 aliphatic rings. The molecule has 0 radical (unpaired) electrons. The lowest BCUT2D eigenvalue weighted by Crippen LogP contribution is -2.06. The van der Waals surface area contributed by atoms with Crippen molar-refractivity contribution in [1.29, 1.82) is 0 Å². The highest BCUT2D eigenvalue weighted by molar-refractivity contribution is 7.99. The third-order valence-electron chi connectivity index (χ3n) is 2.64. The third-order valence-corrected chi connectivity index (χ3v) is 3.59. The van der Waals surface area contributed by atoms with Gasteiger partial charge in [-0.05, 0) is 25.6 Å². The highest BCUT2D eigenvalue weighted by Crippen LogP contribution is 2.30. The first-order chi connectivity index (χ1) is 9.01. The van der Waals surface area contributed by atoms with Gasteiger partial charge in [-0.3, -0.25) is 5.10 Å². The molecule has 19 heavy (non-hydrogen) atoms. The number of aromatic nitrogens is 5. The summed E-state index contributed by atoms with van der Waals surface area (Å²) < 4.78 is 0. The van der Waals surface area contributed by atoms with Crippen molar-refractivity contribution in [3.05, 3.63) is 17.2 Å². The van der Waals surface area contributed by atoms with E-state index >= 15 is 0 Å². The molecule has 0 aliphatic carbocycles. The normalized spacial score (nSPS) is 11.1. The Morgan fingerprint density at radius 1 is 1.16 bits per heavy atom. The van der Waals surface area contributed by atoms with Crippen LogP contribution in [0.25, 0.3) is 0 Å². The zero-order chi connectivity index (χ0) is 14.0. The predicted octanol–water partition coefficient (Wildman–Crippen LogP) is 2.53. The Kier molecular flexibility index (Phi) is 4.04. The first-order valence-corrected chi connectivity index (χ1v) is 6.96. The zero-order valence-corrected chi connectivity index (χ0v) is 12.6. The maximum atomic E-state index is 4.60. The van der Waals surface area contributed by atoms with E-state index < -0.39 is 0 Å². The SMILES string of the molecule is CNc1nc(C(C)C)nc(Sc2n[nH]c(C)n2)c1C. The van der Waals surface area contributed by atoms with Crippen LogP contribution in [0.3, 0.4) is 0 Å². The summed E-state index contributed by atoms with van der Waals surface area (Å²) in [6.45, 7) is 8.03. The van der Waals surface area contributed by atoms with Gasteiger partial charge >= 0.3 is 0 Å². The van der Waals surface area contributed by atoms with Crippen molar-refractivity contribution in [2.75, 3.05) is 12.4 Å². The maximum absolute atomic E-state index is 4.60. The van der Waals surface area contributed by atoms with Gasteiger partial charge in [0.25, 0.3) is 0 Å². The second-order valence-corrected chi connectivity index (χ2v) is 5.53. The molecule has 2 aromatic heterocycles. The highest BCUT2D eigenvalue weighted by atomic mass is 32.2. The fourth-order valence-corrected chi connectivity index (χ4v) is 2.40. The molecule has 0 saturated heterocycles. The van der Waals surface area contributed by atoms with Gasteiger partial charge in [0, 0.05) is 18.5 Å². The predicted molar refractivity (Wildman–Crippen MR) is 75.6 cm³/mol. The van der Waals surface area contributed by atoms with Crippen molar-refractivity contribution in [3.8, 4) is 0 Å². The minimum atomic E-state index is 0.279. The average molecular weight is 278 g/mol. The van der Waals surface area contributed by atoms with E-state index in [4.69, 9.17) is 0 Å². The van der Waals surface area contributed by atoms with Crippen molar-refractivity contribution < 1.29 is 0 Å². The minimum absolute atomic E-state index is 0.279. The van der Waals surface area contributed by atoms with Crippen LogP contribution >= 0.6 is 11.8 Å². The van der Waals surface area contributed by atoms with Gasteiger partial charge in [-0.1, -0.05) is 13.8 Å². The molecule has 2 heterocycles. The van der Waals surface area contributed by atoms with Crippen LogP contribution in [-0.4, -0.2) is 32.2 Å². The Bertz CT molecular complexity index is 578. The maximum Gasteiger partial charge on any atom is 0.214 e. The van der Waals surface area contributed by atoms with E-state index in [1.807, 2.05) is 20.9 Å². The number of nitrogens with zero attached hydrogens (tertiary/aromatic N) is 4. The van der Waals surface area contributed by atoms with Gasteiger partial charge in [0.2, 0.25) is 5.16 Å². The lowest BCUT2D eigenvalue weighted by atomic mass is 10.2. The van der Waals surface area contributed by atoms with Crippen molar-refractivity contribution >= 4 is 17.6 Å². The van der Waals surface area contributed by atoms with E-state index in [0.29, 0.717) is 5.16 Å². The van der Waals surface area contributed by atoms with Gasteiger partial charge in [-0.25, -0.2) is 15.0 Å². The topological polar surface area (TPSA) is 79.4 Å². The summed E-state index contributed by atoms with van der Waals surface area (Å²) >= 11 is 1.45. The Labute approximate surface area is 116 Å². The van der Waals surface area contributed by atoms with E-state index in [1.165, 1.54) is 11.8 Å². The number of H-pyrrole nitrogens is 1. The van der Waals surface area contributed by atoms with Crippen molar-refractivity contribution in [2.45, 2.75) is 43.8 Å².